The molecule has 2 amide bonds. The first-order chi connectivity index (χ1) is 12.9. The normalized spacial score (nSPS) is 11.6. The van der Waals surface area contributed by atoms with E-state index < -0.39 is 11.9 Å². The molecule has 138 valence electrons. The number of likely N-dealkylation sites (N-methyl/N-ethyl adjacent to an activating group) is 1. The van der Waals surface area contributed by atoms with Gasteiger partial charge >= 0.3 is 0 Å². The number of carbonyl (C=O) groups excluding carboxylic acids is 2. The van der Waals surface area contributed by atoms with Crippen molar-refractivity contribution >= 4 is 17.5 Å². The molecule has 2 aromatic rings. The van der Waals surface area contributed by atoms with E-state index in [1.807, 2.05) is 6.07 Å². The Labute approximate surface area is 156 Å². The van der Waals surface area contributed by atoms with E-state index in [1.54, 1.807) is 36.4 Å². The van der Waals surface area contributed by atoms with Crippen LogP contribution in [0.3, 0.4) is 0 Å². The van der Waals surface area contributed by atoms with E-state index in [1.165, 1.54) is 26.1 Å². The van der Waals surface area contributed by atoms with Crippen LogP contribution in [0.1, 0.15) is 18.1 Å². The second kappa shape index (κ2) is 9.10. The lowest BCUT2D eigenvalue weighted by Crippen LogP contribution is -2.46. The van der Waals surface area contributed by atoms with Gasteiger partial charge in [0.15, 0.2) is 0 Å². The monoisotopic (exact) mass is 365 g/mol. The van der Waals surface area contributed by atoms with Gasteiger partial charge in [-0.3, -0.25) is 9.59 Å². The standard InChI is InChI=1S/C19H19N5O3/c1-13(25)21-18(11-14-5-9-17(26)10-6-14)19(27)24(2)23-22-16-7-3-15(12-20)4-8-16/h3-10,18,26H,11H2,1-2H3,(H,21,25). The van der Waals surface area contributed by atoms with Crippen LogP contribution < -0.4 is 5.32 Å². The maximum absolute atomic E-state index is 12.6. The van der Waals surface area contributed by atoms with Gasteiger partial charge < -0.3 is 10.4 Å². The summed E-state index contributed by atoms with van der Waals surface area (Å²) in [5.41, 5.74) is 1.76. The number of carbonyl (C=O) groups is 2. The van der Waals surface area contributed by atoms with Gasteiger partial charge in [-0.25, -0.2) is 5.01 Å². The Morgan fingerprint density at radius 3 is 2.37 bits per heavy atom. The molecule has 0 aliphatic heterocycles. The fraction of sp³-hybridized carbons (Fsp3) is 0.211. The lowest BCUT2D eigenvalue weighted by molar-refractivity contribution is -0.135. The van der Waals surface area contributed by atoms with Crippen LogP contribution in [0.2, 0.25) is 0 Å². The highest BCUT2D eigenvalue weighted by molar-refractivity contribution is 5.86. The average molecular weight is 365 g/mol. The molecule has 1 atom stereocenters. The van der Waals surface area contributed by atoms with Gasteiger partial charge in [0.25, 0.3) is 5.91 Å². The van der Waals surface area contributed by atoms with Crippen molar-refractivity contribution in [3.05, 3.63) is 59.7 Å². The predicted octanol–water partition coefficient (Wildman–Crippen LogP) is 2.47. The molecular weight excluding hydrogens is 346 g/mol. The molecule has 2 aromatic carbocycles. The Morgan fingerprint density at radius 1 is 1.19 bits per heavy atom. The van der Waals surface area contributed by atoms with Crippen molar-refractivity contribution in [2.24, 2.45) is 10.3 Å². The van der Waals surface area contributed by atoms with Crippen LogP contribution in [-0.2, 0) is 16.0 Å². The minimum absolute atomic E-state index is 0.120. The van der Waals surface area contributed by atoms with E-state index in [0.29, 0.717) is 11.3 Å². The maximum atomic E-state index is 12.6. The Kier molecular flexibility index (Phi) is 6.61. The van der Waals surface area contributed by atoms with Gasteiger partial charge in [-0.1, -0.05) is 17.4 Å². The first-order valence-electron chi connectivity index (χ1n) is 8.13. The SMILES string of the molecule is CC(=O)NC(Cc1ccc(O)cc1)C(=O)N(C)N=Nc1ccc(C#N)cc1. The van der Waals surface area contributed by atoms with Crippen LogP contribution in [0.5, 0.6) is 5.75 Å². The molecule has 0 heterocycles. The summed E-state index contributed by atoms with van der Waals surface area (Å²) in [6.07, 6.45) is 0.245. The lowest BCUT2D eigenvalue weighted by atomic mass is 10.0. The molecule has 0 saturated carbocycles. The maximum Gasteiger partial charge on any atom is 0.266 e. The summed E-state index contributed by atoms with van der Waals surface area (Å²) in [7, 11) is 1.45. The molecule has 0 aromatic heterocycles. The molecule has 0 fully saturated rings. The minimum atomic E-state index is -0.822. The van der Waals surface area contributed by atoms with Crippen LogP contribution in [0, 0.1) is 11.3 Å². The summed E-state index contributed by atoms with van der Waals surface area (Å²) < 4.78 is 0. The Morgan fingerprint density at radius 2 is 1.81 bits per heavy atom. The van der Waals surface area contributed by atoms with E-state index in [-0.39, 0.29) is 18.1 Å². The third kappa shape index (κ3) is 5.93. The number of amides is 2. The van der Waals surface area contributed by atoms with Crippen molar-refractivity contribution in [2.45, 2.75) is 19.4 Å². The number of benzene rings is 2. The number of phenolic OH excluding ortho intramolecular Hbond substituents is 1. The number of nitrogens with zero attached hydrogens (tertiary/aromatic N) is 4. The summed E-state index contributed by atoms with van der Waals surface area (Å²) in [5, 5.41) is 29.6. The fourth-order valence-electron chi connectivity index (χ4n) is 2.30. The van der Waals surface area contributed by atoms with Crippen molar-refractivity contribution in [1.29, 1.82) is 5.26 Å². The van der Waals surface area contributed by atoms with Crippen LogP contribution in [0.25, 0.3) is 0 Å². The van der Waals surface area contributed by atoms with Crippen molar-refractivity contribution in [2.75, 3.05) is 7.05 Å². The first kappa shape index (κ1) is 19.6. The van der Waals surface area contributed by atoms with Crippen molar-refractivity contribution in [1.82, 2.24) is 10.3 Å². The highest BCUT2D eigenvalue weighted by Crippen LogP contribution is 2.15. The summed E-state index contributed by atoms with van der Waals surface area (Å²) in [6.45, 7) is 1.33. The second-order valence-corrected chi connectivity index (χ2v) is 5.83. The van der Waals surface area contributed by atoms with E-state index >= 15 is 0 Å². The highest BCUT2D eigenvalue weighted by atomic mass is 16.3. The molecule has 2 rings (SSSR count). The predicted molar refractivity (Wildman–Crippen MR) is 97.9 cm³/mol. The van der Waals surface area contributed by atoms with E-state index in [4.69, 9.17) is 5.26 Å². The number of hydrogen-bond donors (Lipinski definition) is 2. The number of nitriles is 1. The van der Waals surface area contributed by atoms with Gasteiger partial charge in [0.1, 0.15) is 11.8 Å². The molecule has 0 aliphatic carbocycles. The smallest absolute Gasteiger partial charge is 0.266 e. The van der Waals surface area contributed by atoms with E-state index in [9.17, 15) is 14.7 Å². The molecule has 27 heavy (non-hydrogen) atoms. The van der Waals surface area contributed by atoms with Crippen LogP contribution >= 0.6 is 0 Å². The third-order valence-corrected chi connectivity index (χ3v) is 3.66. The molecule has 1 unspecified atom stereocenters. The zero-order valence-corrected chi connectivity index (χ0v) is 15.0. The largest absolute Gasteiger partial charge is 0.508 e. The lowest BCUT2D eigenvalue weighted by Gasteiger charge is -2.20. The number of nitrogens with one attached hydrogen (secondary N) is 1. The second-order valence-electron chi connectivity index (χ2n) is 5.83. The molecular formula is C19H19N5O3. The molecule has 0 aliphatic rings. The van der Waals surface area contributed by atoms with Gasteiger partial charge in [-0.05, 0) is 42.0 Å². The topological polar surface area (TPSA) is 118 Å². The van der Waals surface area contributed by atoms with Crippen molar-refractivity contribution < 1.29 is 14.7 Å². The molecule has 0 radical (unpaired) electrons. The molecule has 2 N–H and O–H groups in total. The van der Waals surface area contributed by atoms with Crippen LogP contribution in [0.15, 0.2) is 58.9 Å². The zero-order chi connectivity index (χ0) is 19.8. The van der Waals surface area contributed by atoms with E-state index in [2.05, 4.69) is 15.7 Å². The highest BCUT2D eigenvalue weighted by Gasteiger charge is 2.23. The Hall–Kier alpha value is -3.73. The van der Waals surface area contributed by atoms with Crippen molar-refractivity contribution in [3.63, 3.8) is 0 Å². The average Bonchev–Trinajstić information content (AvgIpc) is 2.66. The van der Waals surface area contributed by atoms with Gasteiger partial charge in [0.2, 0.25) is 5.91 Å². The van der Waals surface area contributed by atoms with E-state index in [0.717, 1.165) is 10.6 Å². The van der Waals surface area contributed by atoms with Gasteiger partial charge in [0, 0.05) is 20.4 Å². The molecule has 8 heteroatoms. The minimum Gasteiger partial charge on any atom is -0.508 e. The fourth-order valence-corrected chi connectivity index (χ4v) is 2.30. The quantitative estimate of drug-likeness (QED) is 0.604. The first-order valence-corrected chi connectivity index (χ1v) is 8.13. The number of hydrogen-bond acceptors (Lipinski definition) is 6. The Bertz CT molecular complexity index is 870. The summed E-state index contributed by atoms with van der Waals surface area (Å²) in [5.74, 6) is -0.658. The molecule has 0 bridgehead atoms. The number of phenols is 1. The van der Waals surface area contributed by atoms with Crippen LogP contribution in [-0.4, -0.2) is 35.0 Å². The van der Waals surface area contributed by atoms with Gasteiger partial charge in [0.05, 0.1) is 17.3 Å². The number of rotatable bonds is 6. The number of aromatic hydroxyl groups is 1. The van der Waals surface area contributed by atoms with Gasteiger partial charge in [-0.15, -0.1) is 5.11 Å². The molecule has 0 spiro atoms. The Balaban J connectivity index is 2.10. The summed E-state index contributed by atoms with van der Waals surface area (Å²) in [4.78, 5) is 24.1. The molecule has 8 nitrogen and oxygen atoms in total. The van der Waals surface area contributed by atoms with Gasteiger partial charge in [-0.2, -0.15) is 5.26 Å². The summed E-state index contributed by atoms with van der Waals surface area (Å²) in [6, 6.07) is 14.0. The summed E-state index contributed by atoms with van der Waals surface area (Å²) >= 11 is 0. The molecule has 0 saturated heterocycles. The zero-order valence-electron chi connectivity index (χ0n) is 15.0. The van der Waals surface area contributed by atoms with Crippen molar-refractivity contribution in [3.8, 4) is 11.8 Å². The van der Waals surface area contributed by atoms with Crippen LogP contribution in [0.4, 0.5) is 5.69 Å². The third-order valence-electron chi connectivity index (χ3n) is 3.66.